The van der Waals surface area contributed by atoms with Crippen molar-refractivity contribution in [1.29, 1.82) is 0 Å². The molecule has 0 amide bonds. The molecule has 0 aromatic carbocycles. The van der Waals surface area contributed by atoms with E-state index in [0.29, 0.717) is 5.92 Å². The normalized spacial score (nSPS) is 47.8. The molecule has 1 fully saturated rings. The van der Waals surface area contributed by atoms with Crippen LogP contribution in [0.25, 0.3) is 0 Å². The zero-order chi connectivity index (χ0) is 9.35. The van der Waals surface area contributed by atoms with Gasteiger partial charge in [0.05, 0.1) is 6.10 Å². The first-order chi connectivity index (χ1) is 5.56. The third-order valence-electron chi connectivity index (χ3n) is 3.22. The number of hydrogen-bond donors (Lipinski definition) is 1. The summed E-state index contributed by atoms with van der Waals surface area (Å²) < 4.78 is 5.41. The van der Waals surface area contributed by atoms with E-state index >= 15 is 0 Å². The lowest BCUT2D eigenvalue weighted by atomic mass is 9.77. The third kappa shape index (κ3) is 1.19. The molecule has 0 aromatic rings. The molecule has 0 aromatic heterocycles. The molecule has 12 heavy (non-hydrogen) atoms. The Balaban J connectivity index is 2.83. The van der Waals surface area contributed by atoms with Crippen LogP contribution in [0.3, 0.4) is 0 Å². The Hall–Kier alpha value is -0.340. The Labute approximate surface area is 74.2 Å². The quantitative estimate of drug-likeness (QED) is 0.642. The lowest BCUT2D eigenvalue weighted by molar-refractivity contribution is -0.120. The predicted octanol–water partition coefficient (Wildman–Crippen LogP) is 1.94. The first kappa shape index (κ1) is 9.75. The first-order valence-electron chi connectivity index (χ1n) is 4.53. The van der Waals surface area contributed by atoms with Gasteiger partial charge in [-0.1, -0.05) is 26.8 Å². The average Bonchev–Trinajstić information content (AvgIpc) is 2.30. The molecule has 1 saturated heterocycles. The smallest absolute Gasteiger partial charge is 0.164 e. The number of ether oxygens (including phenoxy) is 1. The van der Waals surface area contributed by atoms with Gasteiger partial charge >= 0.3 is 0 Å². The Kier molecular flexibility index (Phi) is 2.59. The summed E-state index contributed by atoms with van der Waals surface area (Å²) in [6.45, 7) is 9.91. The van der Waals surface area contributed by atoms with Crippen LogP contribution < -0.4 is 0 Å². The molecule has 1 unspecified atom stereocenters. The van der Waals surface area contributed by atoms with Crippen LogP contribution in [0, 0.1) is 11.3 Å². The lowest BCUT2D eigenvalue weighted by Gasteiger charge is -2.26. The highest BCUT2D eigenvalue weighted by atomic mass is 16.6. The Morgan fingerprint density at radius 1 is 1.67 bits per heavy atom. The van der Waals surface area contributed by atoms with Gasteiger partial charge in [0.15, 0.2) is 6.29 Å². The second-order valence-electron chi connectivity index (χ2n) is 3.79. The van der Waals surface area contributed by atoms with Gasteiger partial charge < -0.3 is 9.84 Å². The molecule has 0 spiro atoms. The molecule has 0 aliphatic carbocycles. The van der Waals surface area contributed by atoms with Gasteiger partial charge in [-0.15, -0.1) is 6.58 Å². The van der Waals surface area contributed by atoms with Crippen LogP contribution in [0.1, 0.15) is 27.2 Å². The van der Waals surface area contributed by atoms with Crippen LogP contribution in [0.15, 0.2) is 12.7 Å². The van der Waals surface area contributed by atoms with Crippen molar-refractivity contribution in [3.63, 3.8) is 0 Å². The van der Waals surface area contributed by atoms with Gasteiger partial charge in [0.25, 0.3) is 0 Å². The molecule has 1 rings (SSSR count). The van der Waals surface area contributed by atoms with Gasteiger partial charge in [-0.2, -0.15) is 0 Å². The van der Waals surface area contributed by atoms with E-state index in [0.717, 1.165) is 6.42 Å². The van der Waals surface area contributed by atoms with E-state index in [1.54, 1.807) is 6.08 Å². The minimum Gasteiger partial charge on any atom is -0.367 e. The second-order valence-corrected chi connectivity index (χ2v) is 3.79. The summed E-state index contributed by atoms with van der Waals surface area (Å²) in [4.78, 5) is 0. The molecular formula is C10H18O2. The van der Waals surface area contributed by atoms with E-state index < -0.39 is 6.29 Å². The summed E-state index contributed by atoms with van der Waals surface area (Å²) in [7, 11) is 0. The molecule has 1 aliphatic rings. The number of aliphatic hydroxyl groups is 1. The van der Waals surface area contributed by atoms with Crippen molar-refractivity contribution in [3.8, 4) is 0 Å². The van der Waals surface area contributed by atoms with Gasteiger partial charge in [0.2, 0.25) is 0 Å². The van der Waals surface area contributed by atoms with E-state index in [-0.39, 0.29) is 11.5 Å². The lowest BCUT2D eigenvalue weighted by Crippen LogP contribution is -2.30. The minimum absolute atomic E-state index is 0.169. The molecular weight excluding hydrogens is 152 g/mol. The van der Waals surface area contributed by atoms with Crippen molar-refractivity contribution in [2.24, 2.45) is 11.3 Å². The van der Waals surface area contributed by atoms with Gasteiger partial charge in [0, 0.05) is 5.41 Å². The zero-order valence-corrected chi connectivity index (χ0v) is 8.08. The summed E-state index contributed by atoms with van der Waals surface area (Å²) in [6.07, 6.45) is 2.23. The number of aliphatic hydroxyl groups excluding tert-OH is 1. The van der Waals surface area contributed by atoms with E-state index in [1.807, 2.05) is 6.92 Å². The highest BCUT2D eigenvalue weighted by Crippen LogP contribution is 2.43. The van der Waals surface area contributed by atoms with Crippen molar-refractivity contribution in [3.05, 3.63) is 12.7 Å². The van der Waals surface area contributed by atoms with Crippen molar-refractivity contribution in [2.45, 2.75) is 39.6 Å². The maximum absolute atomic E-state index is 9.63. The van der Waals surface area contributed by atoms with Gasteiger partial charge in [0.1, 0.15) is 0 Å². The highest BCUT2D eigenvalue weighted by Gasteiger charge is 2.47. The number of rotatable bonds is 2. The molecule has 1 aliphatic heterocycles. The van der Waals surface area contributed by atoms with Crippen LogP contribution in [0.4, 0.5) is 0 Å². The minimum atomic E-state index is -0.685. The van der Waals surface area contributed by atoms with Gasteiger partial charge in [-0.25, -0.2) is 0 Å². The molecule has 4 atom stereocenters. The van der Waals surface area contributed by atoms with E-state index in [1.165, 1.54) is 0 Å². The van der Waals surface area contributed by atoms with Crippen LogP contribution in [0.2, 0.25) is 0 Å². The topological polar surface area (TPSA) is 29.5 Å². The van der Waals surface area contributed by atoms with E-state index in [9.17, 15) is 5.11 Å². The van der Waals surface area contributed by atoms with Crippen LogP contribution in [0.5, 0.6) is 0 Å². The molecule has 1 heterocycles. The van der Waals surface area contributed by atoms with Crippen molar-refractivity contribution < 1.29 is 9.84 Å². The van der Waals surface area contributed by atoms with Crippen LogP contribution in [-0.4, -0.2) is 17.5 Å². The molecule has 0 saturated carbocycles. The average molecular weight is 170 g/mol. The largest absolute Gasteiger partial charge is 0.367 e. The van der Waals surface area contributed by atoms with E-state index in [2.05, 4.69) is 20.4 Å². The molecule has 1 N–H and O–H groups in total. The summed E-state index contributed by atoms with van der Waals surface area (Å²) in [6, 6.07) is 0. The summed E-state index contributed by atoms with van der Waals surface area (Å²) in [5.41, 5.74) is -0.277. The summed E-state index contributed by atoms with van der Waals surface area (Å²) in [5, 5.41) is 9.63. The van der Waals surface area contributed by atoms with Crippen LogP contribution >= 0.6 is 0 Å². The number of hydrogen-bond acceptors (Lipinski definition) is 2. The van der Waals surface area contributed by atoms with Crippen LogP contribution in [-0.2, 0) is 4.74 Å². The van der Waals surface area contributed by atoms with E-state index in [4.69, 9.17) is 4.74 Å². The molecule has 70 valence electrons. The monoisotopic (exact) mass is 170 g/mol. The predicted molar refractivity (Wildman–Crippen MR) is 48.6 cm³/mol. The maximum Gasteiger partial charge on any atom is 0.164 e. The fourth-order valence-electron chi connectivity index (χ4n) is 1.79. The molecule has 2 heteroatoms. The molecule has 0 radical (unpaired) electrons. The Morgan fingerprint density at radius 3 is 2.50 bits per heavy atom. The fourth-order valence-corrected chi connectivity index (χ4v) is 1.79. The molecule has 0 bridgehead atoms. The Morgan fingerprint density at radius 2 is 2.25 bits per heavy atom. The summed E-state index contributed by atoms with van der Waals surface area (Å²) in [5.74, 6) is 0.343. The molecule has 2 nitrogen and oxygen atoms in total. The summed E-state index contributed by atoms with van der Waals surface area (Å²) >= 11 is 0. The zero-order valence-electron chi connectivity index (χ0n) is 8.08. The SMILES string of the molecule is C=C[C@@]1(C)C(O)O[C@H](CC)[C@H]1C. The van der Waals surface area contributed by atoms with Crippen molar-refractivity contribution in [1.82, 2.24) is 0 Å². The van der Waals surface area contributed by atoms with Crippen molar-refractivity contribution >= 4 is 0 Å². The second kappa shape index (κ2) is 3.19. The Bertz CT molecular complexity index is 179. The highest BCUT2D eigenvalue weighted by molar-refractivity contribution is 5.03. The maximum atomic E-state index is 9.63. The van der Waals surface area contributed by atoms with Gasteiger partial charge in [-0.3, -0.25) is 0 Å². The fraction of sp³-hybridized carbons (Fsp3) is 0.800. The third-order valence-corrected chi connectivity index (χ3v) is 3.22. The van der Waals surface area contributed by atoms with Gasteiger partial charge in [-0.05, 0) is 12.3 Å². The first-order valence-corrected chi connectivity index (χ1v) is 4.53. The standard InChI is InChI=1S/C10H18O2/c1-5-8-7(3)10(4,6-2)9(11)12-8/h6-9,11H,2,5H2,1,3-4H3/t7-,8-,9?,10-/m1/s1. The van der Waals surface area contributed by atoms with Crippen molar-refractivity contribution in [2.75, 3.05) is 0 Å².